The van der Waals surface area contributed by atoms with Crippen LogP contribution in [0.2, 0.25) is 0 Å². The van der Waals surface area contributed by atoms with Crippen LogP contribution < -0.4 is 16.0 Å². The van der Waals surface area contributed by atoms with E-state index < -0.39 is 12.5 Å². The van der Waals surface area contributed by atoms with Crippen molar-refractivity contribution in [3.05, 3.63) is 18.1 Å². The van der Waals surface area contributed by atoms with Gasteiger partial charge in [0, 0.05) is 44.7 Å². The summed E-state index contributed by atoms with van der Waals surface area (Å²) in [6, 6.07) is 4.85. The number of nitrogens with zero attached hydrogens (tertiary/aromatic N) is 5. The van der Waals surface area contributed by atoms with Gasteiger partial charge in [-0.05, 0) is 44.6 Å². The van der Waals surface area contributed by atoms with Gasteiger partial charge in [0.15, 0.2) is 18.3 Å². The molecule has 4 rings (SSSR count). The first-order chi connectivity index (χ1) is 15.6. The lowest BCUT2D eigenvalue weighted by Crippen LogP contribution is -2.45. The third kappa shape index (κ3) is 5.85. The van der Waals surface area contributed by atoms with E-state index in [-0.39, 0.29) is 23.0 Å². The van der Waals surface area contributed by atoms with Gasteiger partial charge in [-0.2, -0.15) is 5.26 Å². The standard InChI is InChI=1S/C22H31FN8O/c1-32-11-10-25-15-2-4-16(5-3-15)29-21-27-12-17(23)19(31-21)20-26-9-6-18(30-20)28-14-22(13-24)7-8-22/h6,9,12,15-17,21,25,29H,2-5,7-8,10-11,14H2,1H3,(H,26,28,30). The lowest BCUT2D eigenvalue weighted by molar-refractivity contribution is 0.189. The van der Waals surface area contributed by atoms with E-state index in [1.165, 1.54) is 6.21 Å². The Balaban J connectivity index is 1.33. The van der Waals surface area contributed by atoms with Gasteiger partial charge in [-0.1, -0.05) is 0 Å². The fourth-order valence-corrected chi connectivity index (χ4v) is 4.08. The molecule has 172 valence electrons. The van der Waals surface area contributed by atoms with E-state index in [0.717, 1.165) is 51.7 Å². The molecule has 2 aliphatic carbocycles. The summed E-state index contributed by atoms with van der Waals surface area (Å²) in [5.74, 6) is 0.811. The number of anilines is 1. The fraction of sp³-hybridized carbons (Fsp3) is 0.682. The van der Waals surface area contributed by atoms with Crippen molar-refractivity contribution in [3.8, 4) is 6.07 Å². The van der Waals surface area contributed by atoms with E-state index in [1.54, 1.807) is 19.4 Å². The highest BCUT2D eigenvalue weighted by Gasteiger charge is 2.43. The maximum Gasteiger partial charge on any atom is 0.194 e. The van der Waals surface area contributed by atoms with Gasteiger partial charge in [-0.15, -0.1) is 0 Å². The molecule has 3 N–H and O–H groups in total. The average Bonchev–Trinajstić information content (AvgIpc) is 3.61. The first-order valence-electron chi connectivity index (χ1n) is 11.3. The molecule has 1 aromatic rings. The zero-order chi connectivity index (χ0) is 22.4. The highest BCUT2D eigenvalue weighted by atomic mass is 19.1. The molecule has 0 radical (unpaired) electrons. The summed E-state index contributed by atoms with van der Waals surface area (Å²) >= 11 is 0. The van der Waals surface area contributed by atoms with Gasteiger partial charge in [0.2, 0.25) is 0 Å². The van der Waals surface area contributed by atoms with Gasteiger partial charge < -0.3 is 15.4 Å². The number of aromatic nitrogens is 2. The fourth-order valence-electron chi connectivity index (χ4n) is 4.08. The minimum absolute atomic E-state index is 0.178. The predicted octanol–water partition coefficient (Wildman–Crippen LogP) is 1.82. The van der Waals surface area contributed by atoms with Gasteiger partial charge in [0.1, 0.15) is 11.5 Å². The molecule has 2 saturated carbocycles. The van der Waals surface area contributed by atoms with Crippen LogP contribution in [-0.4, -0.2) is 73.2 Å². The summed E-state index contributed by atoms with van der Waals surface area (Å²) in [7, 11) is 1.71. The smallest absolute Gasteiger partial charge is 0.194 e. The van der Waals surface area contributed by atoms with Crippen LogP contribution >= 0.6 is 0 Å². The van der Waals surface area contributed by atoms with Gasteiger partial charge >= 0.3 is 0 Å². The van der Waals surface area contributed by atoms with Crippen LogP contribution in [0.5, 0.6) is 0 Å². The SMILES string of the molecule is COCCNC1CCC(NC2N=CC(F)C(c3nccc(NCC4(C#N)CC4)n3)=N2)CC1. The molecule has 2 fully saturated rings. The second-order valence-electron chi connectivity index (χ2n) is 8.76. The molecule has 2 atom stereocenters. The molecule has 32 heavy (non-hydrogen) atoms. The molecule has 3 aliphatic rings. The van der Waals surface area contributed by atoms with E-state index in [2.05, 4.69) is 42.0 Å². The first-order valence-corrected chi connectivity index (χ1v) is 11.3. The summed E-state index contributed by atoms with van der Waals surface area (Å²) in [5.41, 5.74) is -0.117. The number of nitriles is 1. The van der Waals surface area contributed by atoms with Crippen LogP contribution in [0.1, 0.15) is 44.3 Å². The van der Waals surface area contributed by atoms with Gasteiger partial charge in [-0.3, -0.25) is 10.3 Å². The molecule has 0 spiro atoms. The number of aliphatic imine (C=N–C) groups is 2. The Morgan fingerprint density at radius 1 is 1.25 bits per heavy atom. The molecule has 0 aromatic carbocycles. The highest BCUT2D eigenvalue weighted by molar-refractivity contribution is 6.10. The molecule has 0 amide bonds. The molecule has 2 unspecified atom stereocenters. The van der Waals surface area contributed by atoms with E-state index in [4.69, 9.17) is 4.74 Å². The number of nitrogens with one attached hydrogen (secondary N) is 3. The number of ether oxygens (including phenoxy) is 1. The van der Waals surface area contributed by atoms with Crippen LogP contribution in [0.3, 0.4) is 0 Å². The number of methoxy groups -OCH3 is 1. The number of alkyl halides is 1. The molecule has 1 aliphatic heterocycles. The molecular formula is C22H31FN8O. The van der Waals surface area contributed by atoms with Crippen molar-refractivity contribution in [2.24, 2.45) is 15.4 Å². The average molecular weight is 443 g/mol. The molecule has 9 nitrogen and oxygen atoms in total. The highest BCUT2D eigenvalue weighted by Crippen LogP contribution is 2.44. The van der Waals surface area contributed by atoms with Gasteiger partial charge in [-0.25, -0.2) is 19.4 Å². The zero-order valence-corrected chi connectivity index (χ0v) is 18.4. The summed E-state index contributed by atoms with van der Waals surface area (Å²) in [6.07, 6.45) is 6.82. The van der Waals surface area contributed by atoms with Gasteiger partial charge in [0.25, 0.3) is 0 Å². The lowest BCUT2D eigenvalue weighted by Gasteiger charge is -2.31. The maximum atomic E-state index is 14.6. The van der Waals surface area contributed by atoms with Crippen LogP contribution in [0.4, 0.5) is 10.2 Å². The Labute approximate surface area is 188 Å². The number of hydrogen-bond acceptors (Lipinski definition) is 9. The number of hydrogen-bond donors (Lipinski definition) is 3. The Hall–Kier alpha value is -2.48. The summed E-state index contributed by atoms with van der Waals surface area (Å²) in [5, 5.41) is 19.4. The second-order valence-corrected chi connectivity index (χ2v) is 8.76. The lowest BCUT2D eigenvalue weighted by atomic mass is 9.91. The topological polar surface area (TPSA) is 120 Å². The molecule has 1 aromatic heterocycles. The summed E-state index contributed by atoms with van der Waals surface area (Å²) < 4.78 is 19.7. The minimum atomic E-state index is -1.45. The third-order valence-corrected chi connectivity index (χ3v) is 6.32. The van der Waals surface area contributed by atoms with Crippen molar-refractivity contribution in [3.63, 3.8) is 0 Å². The first kappa shape index (κ1) is 22.7. The van der Waals surface area contributed by atoms with E-state index in [9.17, 15) is 9.65 Å². The van der Waals surface area contributed by atoms with Crippen LogP contribution in [-0.2, 0) is 4.74 Å². The quantitative estimate of drug-likeness (QED) is 0.473. The summed E-state index contributed by atoms with van der Waals surface area (Å²) in [4.78, 5) is 17.4. The molecule has 0 bridgehead atoms. The Morgan fingerprint density at radius 3 is 2.75 bits per heavy atom. The molecule has 2 heterocycles. The van der Waals surface area contributed by atoms with Crippen LogP contribution in [0.15, 0.2) is 22.2 Å². The molecule has 10 heteroatoms. The largest absolute Gasteiger partial charge is 0.383 e. The molecular weight excluding hydrogens is 411 g/mol. The number of halogens is 1. The van der Waals surface area contributed by atoms with Crippen LogP contribution in [0, 0.1) is 16.7 Å². The second kappa shape index (κ2) is 10.4. The Morgan fingerprint density at radius 2 is 2.03 bits per heavy atom. The van der Waals surface area contributed by atoms with Crippen molar-refractivity contribution >= 4 is 17.7 Å². The van der Waals surface area contributed by atoms with Crippen molar-refractivity contribution in [1.29, 1.82) is 5.26 Å². The third-order valence-electron chi connectivity index (χ3n) is 6.32. The normalized spacial score (nSPS) is 28.6. The monoisotopic (exact) mass is 442 g/mol. The van der Waals surface area contributed by atoms with E-state index in [0.29, 0.717) is 18.4 Å². The maximum absolute atomic E-state index is 14.6. The Bertz CT molecular complexity index is 873. The Kier molecular flexibility index (Phi) is 7.40. The minimum Gasteiger partial charge on any atom is -0.383 e. The van der Waals surface area contributed by atoms with Crippen molar-refractivity contribution in [2.45, 2.75) is 63.1 Å². The van der Waals surface area contributed by atoms with Crippen LogP contribution in [0.25, 0.3) is 0 Å². The van der Waals surface area contributed by atoms with Crippen molar-refractivity contribution < 1.29 is 9.13 Å². The van der Waals surface area contributed by atoms with E-state index in [1.807, 2.05) is 0 Å². The molecule has 0 saturated heterocycles. The zero-order valence-electron chi connectivity index (χ0n) is 18.4. The number of rotatable bonds is 10. The summed E-state index contributed by atoms with van der Waals surface area (Å²) in [6.45, 7) is 2.11. The van der Waals surface area contributed by atoms with Crippen molar-refractivity contribution in [1.82, 2.24) is 20.6 Å². The van der Waals surface area contributed by atoms with Crippen molar-refractivity contribution in [2.75, 3.05) is 32.1 Å². The predicted molar refractivity (Wildman–Crippen MR) is 121 cm³/mol. The van der Waals surface area contributed by atoms with Gasteiger partial charge in [0.05, 0.1) is 18.1 Å². The van der Waals surface area contributed by atoms with E-state index >= 15 is 0 Å².